The van der Waals surface area contributed by atoms with Gasteiger partial charge in [-0.2, -0.15) is 0 Å². The fourth-order valence-corrected chi connectivity index (χ4v) is 3.48. The second-order valence-electron chi connectivity index (χ2n) is 5.90. The first kappa shape index (κ1) is 15.8. The van der Waals surface area contributed by atoms with E-state index in [1.165, 1.54) is 38.2 Å². The summed E-state index contributed by atoms with van der Waals surface area (Å²) in [5.41, 5.74) is 0.920. The average Bonchev–Trinajstić information content (AvgIpc) is 2.94. The molecule has 0 aliphatic heterocycles. The lowest BCUT2D eigenvalue weighted by Gasteiger charge is -2.20. The molecule has 0 radical (unpaired) electrons. The molecule has 0 spiro atoms. The highest BCUT2D eigenvalue weighted by molar-refractivity contribution is 6.31. The molecule has 1 unspecified atom stereocenters. The monoisotopic (exact) mass is 297 g/mol. The van der Waals surface area contributed by atoms with Gasteiger partial charge in [0.25, 0.3) is 0 Å². The molecule has 0 amide bonds. The zero-order valence-corrected chi connectivity index (χ0v) is 13.1. The third kappa shape index (κ3) is 4.46. The summed E-state index contributed by atoms with van der Waals surface area (Å²) >= 11 is 6.06. The van der Waals surface area contributed by atoms with Gasteiger partial charge >= 0.3 is 0 Å². The number of rotatable bonds is 7. The third-order valence-electron chi connectivity index (χ3n) is 4.39. The van der Waals surface area contributed by atoms with Crippen molar-refractivity contribution >= 4 is 11.6 Å². The van der Waals surface area contributed by atoms with Crippen molar-refractivity contribution < 1.29 is 4.39 Å². The normalized spacial score (nSPS) is 17.6. The van der Waals surface area contributed by atoms with Gasteiger partial charge in [-0.05, 0) is 43.4 Å². The maximum absolute atomic E-state index is 13.5. The van der Waals surface area contributed by atoms with Gasteiger partial charge in [0.05, 0.1) is 5.02 Å². The number of hydrogen-bond donors (Lipinski definition) is 1. The Balaban J connectivity index is 1.92. The van der Waals surface area contributed by atoms with Gasteiger partial charge in [0.15, 0.2) is 0 Å². The fourth-order valence-electron chi connectivity index (χ4n) is 3.27. The highest BCUT2D eigenvalue weighted by Crippen LogP contribution is 2.29. The molecular weight excluding hydrogens is 273 g/mol. The molecule has 1 aromatic rings. The largest absolute Gasteiger partial charge is 0.314 e. The zero-order valence-electron chi connectivity index (χ0n) is 12.3. The fraction of sp³-hybridized carbons (Fsp3) is 0.647. The van der Waals surface area contributed by atoms with Gasteiger partial charge < -0.3 is 5.32 Å². The molecule has 20 heavy (non-hydrogen) atoms. The SMILES string of the molecule is CCNC(CCC1CCCC1)Cc1cccc(F)c1Cl. The lowest BCUT2D eigenvalue weighted by molar-refractivity contribution is 0.407. The van der Waals surface area contributed by atoms with E-state index < -0.39 is 0 Å². The minimum Gasteiger partial charge on any atom is -0.314 e. The summed E-state index contributed by atoms with van der Waals surface area (Å²) in [6.45, 7) is 3.07. The van der Waals surface area contributed by atoms with E-state index in [4.69, 9.17) is 11.6 Å². The van der Waals surface area contributed by atoms with E-state index in [1.54, 1.807) is 6.07 Å². The number of halogens is 2. The smallest absolute Gasteiger partial charge is 0.142 e. The first-order valence-corrected chi connectivity index (χ1v) is 8.24. The van der Waals surface area contributed by atoms with Gasteiger partial charge in [0, 0.05) is 6.04 Å². The highest BCUT2D eigenvalue weighted by atomic mass is 35.5. The van der Waals surface area contributed by atoms with Crippen molar-refractivity contribution in [1.29, 1.82) is 0 Å². The van der Waals surface area contributed by atoms with E-state index in [2.05, 4.69) is 12.2 Å². The van der Waals surface area contributed by atoms with Crippen LogP contribution in [0, 0.1) is 11.7 Å². The number of hydrogen-bond acceptors (Lipinski definition) is 1. The van der Waals surface area contributed by atoms with Crippen molar-refractivity contribution in [3.63, 3.8) is 0 Å². The maximum atomic E-state index is 13.5. The van der Waals surface area contributed by atoms with Crippen molar-refractivity contribution in [2.75, 3.05) is 6.54 Å². The van der Waals surface area contributed by atoms with Crippen molar-refractivity contribution in [2.45, 2.75) is 57.9 Å². The van der Waals surface area contributed by atoms with E-state index in [0.717, 1.165) is 30.9 Å². The van der Waals surface area contributed by atoms with Crippen LogP contribution in [0.2, 0.25) is 5.02 Å². The van der Waals surface area contributed by atoms with E-state index in [-0.39, 0.29) is 10.8 Å². The molecule has 0 bridgehead atoms. The first-order valence-electron chi connectivity index (χ1n) is 7.87. The maximum Gasteiger partial charge on any atom is 0.142 e. The van der Waals surface area contributed by atoms with E-state index in [9.17, 15) is 4.39 Å². The zero-order chi connectivity index (χ0) is 14.4. The Labute approximate surface area is 126 Å². The molecule has 1 N–H and O–H groups in total. The summed E-state index contributed by atoms with van der Waals surface area (Å²) in [7, 11) is 0. The summed E-state index contributed by atoms with van der Waals surface area (Å²) in [4.78, 5) is 0. The second-order valence-corrected chi connectivity index (χ2v) is 6.28. The quantitative estimate of drug-likeness (QED) is 0.749. The predicted octanol–water partition coefficient (Wildman–Crippen LogP) is 4.97. The van der Waals surface area contributed by atoms with Gasteiger partial charge in [0.2, 0.25) is 0 Å². The van der Waals surface area contributed by atoms with Crippen LogP contribution in [-0.4, -0.2) is 12.6 Å². The lowest BCUT2D eigenvalue weighted by atomic mass is 9.95. The van der Waals surface area contributed by atoms with Crippen LogP contribution in [0.15, 0.2) is 18.2 Å². The standard InChI is InChI=1S/C17H25ClFN/c1-2-20-15(11-10-13-6-3-4-7-13)12-14-8-5-9-16(19)17(14)18/h5,8-9,13,15,20H,2-4,6-7,10-12H2,1H3. The molecule has 1 aliphatic carbocycles. The Morgan fingerprint density at radius 3 is 2.80 bits per heavy atom. The van der Waals surface area contributed by atoms with Crippen LogP contribution in [0.4, 0.5) is 4.39 Å². The Hall–Kier alpha value is -0.600. The van der Waals surface area contributed by atoms with Crippen molar-refractivity contribution in [1.82, 2.24) is 5.32 Å². The molecule has 3 heteroatoms. The highest BCUT2D eigenvalue weighted by Gasteiger charge is 2.18. The second kappa shape index (κ2) is 7.99. The summed E-state index contributed by atoms with van der Waals surface area (Å²) in [5, 5.41) is 3.81. The Morgan fingerprint density at radius 1 is 1.35 bits per heavy atom. The molecule has 0 aromatic heterocycles. The molecule has 1 aromatic carbocycles. The summed E-state index contributed by atoms with van der Waals surface area (Å²) in [6, 6.07) is 5.51. The molecule has 1 fully saturated rings. The van der Waals surface area contributed by atoms with Crippen LogP contribution in [-0.2, 0) is 6.42 Å². The van der Waals surface area contributed by atoms with Crippen LogP contribution >= 0.6 is 11.6 Å². The summed E-state index contributed by atoms with van der Waals surface area (Å²) < 4.78 is 13.5. The third-order valence-corrected chi connectivity index (χ3v) is 4.81. The number of benzene rings is 1. The van der Waals surface area contributed by atoms with Crippen molar-refractivity contribution in [3.8, 4) is 0 Å². The molecule has 1 nitrogen and oxygen atoms in total. The van der Waals surface area contributed by atoms with Gasteiger partial charge in [-0.3, -0.25) is 0 Å². The van der Waals surface area contributed by atoms with Gasteiger partial charge in [-0.25, -0.2) is 4.39 Å². The molecule has 1 atom stereocenters. The van der Waals surface area contributed by atoms with Gasteiger partial charge in [-0.1, -0.05) is 56.3 Å². The molecule has 1 saturated carbocycles. The summed E-state index contributed by atoms with van der Waals surface area (Å²) in [5.74, 6) is 0.592. The Morgan fingerprint density at radius 2 is 2.10 bits per heavy atom. The molecule has 0 saturated heterocycles. The molecule has 112 valence electrons. The first-order chi connectivity index (χ1) is 9.70. The van der Waals surface area contributed by atoms with Crippen LogP contribution in [0.5, 0.6) is 0 Å². The van der Waals surface area contributed by atoms with E-state index in [0.29, 0.717) is 6.04 Å². The molecular formula is C17H25ClFN. The van der Waals surface area contributed by atoms with Gasteiger partial charge in [0.1, 0.15) is 5.82 Å². The van der Waals surface area contributed by atoms with Crippen molar-refractivity contribution in [3.05, 3.63) is 34.6 Å². The van der Waals surface area contributed by atoms with Crippen molar-refractivity contribution in [2.24, 2.45) is 5.92 Å². The lowest BCUT2D eigenvalue weighted by Crippen LogP contribution is -2.31. The van der Waals surface area contributed by atoms with Crippen LogP contribution < -0.4 is 5.32 Å². The number of likely N-dealkylation sites (N-methyl/N-ethyl adjacent to an activating group) is 1. The predicted molar refractivity (Wildman–Crippen MR) is 83.8 cm³/mol. The minimum atomic E-state index is -0.310. The summed E-state index contributed by atoms with van der Waals surface area (Å²) in [6.07, 6.45) is 8.82. The minimum absolute atomic E-state index is 0.288. The Kier molecular flexibility index (Phi) is 6.31. The molecule has 1 aliphatic rings. The van der Waals surface area contributed by atoms with E-state index >= 15 is 0 Å². The van der Waals surface area contributed by atoms with Gasteiger partial charge in [-0.15, -0.1) is 0 Å². The van der Waals surface area contributed by atoms with Crippen LogP contribution in [0.3, 0.4) is 0 Å². The molecule has 2 rings (SSSR count). The topological polar surface area (TPSA) is 12.0 Å². The van der Waals surface area contributed by atoms with Crippen LogP contribution in [0.25, 0.3) is 0 Å². The number of nitrogens with one attached hydrogen (secondary N) is 1. The Bertz CT molecular complexity index is 415. The van der Waals surface area contributed by atoms with Crippen LogP contribution in [0.1, 0.15) is 51.0 Å². The average molecular weight is 298 g/mol. The molecule has 0 heterocycles. The van der Waals surface area contributed by atoms with E-state index in [1.807, 2.05) is 6.07 Å².